The van der Waals surface area contributed by atoms with Crippen LogP contribution in [0.25, 0.3) is 0 Å². The Hall–Kier alpha value is -1.84. The van der Waals surface area contributed by atoms with E-state index in [2.05, 4.69) is 10.2 Å². The first-order valence-corrected chi connectivity index (χ1v) is 14.2. The monoisotopic (exact) mass is 516 g/mol. The van der Waals surface area contributed by atoms with Crippen LogP contribution in [0.3, 0.4) is 0 Å². The van der Waals surface area contributed by atoms with Gasteiger partial charge >= 0.3 is 0 Å². The zero-order chi connectivity index (χ0) is 23.3. The van der Waals surface area contributed by atoms with E-state index in [1.54, 1.807) is 12.1 Å². The van der Waals surface area contributed by atoms with Gasteiger partial charge in [-0.3, -0.25) is 9.11 Å². The molecule has 2 N–H and O–H groups in total. The van der Waals surface area contributed by atoms with Gasteiger partial charge in [-0.15, -0.1) is 0 Å². The Morgan fingerprint density at radius 3 is 1.47 bits per heavy atom. The maximum Gasteiger partial charge on any atom is 0.294 e. The highest BCUT2D eigenvalue weighted by atomic mass is 32.2. The first-order chi connectivity index (χ1) is 15.0. The van der Waals surface area contributed by atoms with Crippen molar-refractivity contribution in [3.8, 4) is 0 Å². The molecule has 2 atom stereocenters. The van der Waals surface area contributed by atoms with Crippen molar-refractivity contribution in [3.63, 3.8) is 0 Å². The maximum atomic E-state index is 11.5. The molecule has 2 aromatic rings. The van der Waals surface area contributed by atoms with E-state index in [-0.39, 0.29) is 9.79 Å². The molecule has 4 rings (SSSR count). The Morgan fingerprint density at radius 1 is 0.781 bits per heavy atom. The lowest BCUT2D eigenvalue weighted by molar-refractivity contribution is 0.480. The lowest BCUT2D eigenvalue weighted by Gasteiger charge is -2.23. The van der Waals surface area contributed by atoms with Crippen LogP contribution in [-0.2, 0) is 20.2 Å². The molecule has 0 amide bonds. The van der Waals surface area contributed by atoms with Crippen LogP contribution in [0.5, 0.6) is 0 Å². The summed E-state index contributed by atoms with van der Waals surface area (Å²) in [6.45, 7) is 5.12. The molecule has 0 aromatic heterocycles. The maximum absolute atomic E-state index is 11.5. The predicted octanol–water partition coefficient (Wildman–Crippen LogP) is 3.76. The number of thioether (sulfide) groups is 2. The van der Waals surface area contributed by atoms with Crippen molar-refractivity contribution < 1.29 is 25.9 Å². The van der Waals surface area contributed by atoms with Crippen LogP contribution >= 0.6 is 23.5 Å². The molecule has 14 heteroatoms. The van der Waals surface area contributed by atoms with E-state index in [1.165, 1.54) is 47.8 Å². The highest BCUT2D eigenvalue weighted by Gasteiger charge is 2.33. The molecule has 172 valence electrons. The number of benzene rings is 2. The molecule has 0 spiro atoms. The molecular weight excluding hydrogens is 496 g/mol. The van der Waals surface area contributed by atoms with Crippen molar-refractivity contribution in [1.29, 1.82) is 0 Å². The van der Waals surface area contributed by atoms with Gasteiger partial charge in [-0.25, -0.2) is 0 Å². The van der Waals surface area contributed by atoms with E-state index in [0.717, 1.165) is 11.4 Å². The van der Waals surface area contributed by atoms with Crippen molar-refractivity contribution in [2.75, 3.05) is 22.9 Å². The smallest absolute Gasteiger partial charge is 0.294 e. The zero-order valence-electron chi connectivity index (χ0n) is 17.0. The average molecular weight is 517 g/mol. The van der Waals surface area contributed by atoms with Gasteiger partial charge in [0, 0.05) is 22.9 Å². The van der Waals surface area contributed by atoms with Gasteiger partial charge in [0.25, 0.3) is 20.2 Å². The summed E-state index contributed by atoms with van der Waals surface area (Å²) in [4.78, 5) is 4.95. The van der Waals surface area contributed by atoms with Crippen LogP contribution in [-0.4, -0.2) is 50.0 Å². The SMILES string of the molecule is CCN1c2ccc(S(=O)(=O)O)cc2SC1/N=N/C1Sc2cc(S(=O)(=O)O)ccc2N1CC. The molecular formula is C18H20N4O6S4. The number of hydrogen-bond donors (Lipinski definition) is 2. The third kappa shape index (κ3) is 4.34. The second kappa shape index (κ2) is 8.50. The number of rotatable bonds is 6. The van der Waals surface area contributed by atoms with E-state index in [9.17, 15) is 25.9 Å². The van der Waals surface area contributed by atoms with Crippen molar-refractivity contribution in [2.45, 2.75) is 44.4 Å². The molecule has 10 nitrogen and oxygen atoms in total. The van der Waals surface area contributed by atoms with Crippen molar-refractivity contribution in [1.82, 2.24) is 0 Å². The van der Waals surface area contributed by atoms with Gasteiger partial charge < -0.3 is 9.80 Å². The predicted molar refractivity (Wildman–Crippen MR) is 123 cm³/mol. The second-order valence-corrected chi connectivity index (χ2v) is 11.9. The summed E-state index contributed by atoms with van der Waals surface area (Å²) in [5.41, 5.74) is 0.786. The third-order valence-corrected chi connectivity index (χ3v) is 9.00. The molecule has 0 bridgehead atoms. The second-order valence-electron chi connectivity index (χ2n) is 6.90. The topological polar surface area (TPSA) is 140 Å². The first-order valence-electron chi connectivity index (χ1n) is 9.52. The fraction of sp³-hybridized carbons (Fsp3) is 0.333. The molecule has 2 aliphatic heterocycles. The molecule has 0 aliphatic carbocycles. The molecule has 0 fully saturated rings. The van der Waals surface area contributed by atoms with E-state index >= 15 is 0 Å². The van der Waals surface area contributed by atoms with Crippen LogP contribution in [0.1, 0.15) is 13.8 Å². The summed E-state index contributed by atoms with van der Waals surface area (Å²) in [5.74, 6) is 0. The summed E-state index contributed by atoms with van der Waals surface area (Å²) in [6, 6.07) is 8.82. The van der Waals surface area contributed by atoms with E-state index in [4.69, 9.17) is 0 Å². The third-order valence-electron chi connectivity index (χ3n) is 5.02. The molecule has 2 unspecified atom stereocenters. The standard InChI is InChI=1S/C18H20N4O6S4/c1-3-21-13-7-5-11(31(23,24)25)9-15(13)29-17(21)19-20-18-22(4-2)14-8-6-12(32(26,27)28)10-16(14)30-18/h5-10,17-18H,3-4H2,1-2H3,(H,23,24,25)(H,26,27,28)/b20-19+. The average Bonchev–Trinajstić information content (AvgIpc) is 3.26. The Kier molecular flexibility index (Phi) is 6.19. The quantitative estimate of drug-likeness (QED) is 0.431. The largest absolute Gasteiger partial charge is 0.339 e. The number of nitrogens with zero attached hydrogens (tertiary/aromatic N) is 4. The van der Waals surface area contributed by atoms with Crippen LogP contribution in [0, 0.1) is 0 Å². The zero-order valence-corrected chi connectivity index (χ0v) is 20.2. The van der Waals surface area contributed by atoms with Gasteiger partial charge in [-0.2, -0.15) is 27.1 Å². The highest BCUT2D eigenvalue weighted by molar-refractivity contribution is 8.00. The normalized spacial score (nSPS) is 20.8. The summed E-state index contributed by atoms with van der Waals surface area (Å²) in [7, 11) is -8.61. The molecule has 0 saturated heterocycles. The van der Waals surface area contributed by atoms with Gasteiger partial charge in [0.2, 0.25) is 0 Å². The van der Waals surface area contributed by atoms with Gasteiger partial charge in [0.05, 0.1) is 21.2 Å². The molecule has 0 radical (unpaired) electrons. The van der Waals surface area contributed by atoms with Gasteiger partial charge in [-0.1, -0.05) is 23.5 Å². The Morgan fingerprint density at radius 2 is 1.16 bits per heavy atom. The Labute approximate surface area is 194 Å². The molecule has 0 saturated carbocycles. The minimum absolute atomic E-state index is 0.175. The number of azo groups is 1. The van der Waals surface area contributed by atoms with Crippen LogP contribution in [0.2, 0.25) is 0 Å². The lowest BCUT2D eigenvalue weighted by Crippen LogP contribution is -2.29. The number of hydrogen-bond acceptors (Lipinski definition) is 10. The fourth-order valence-corrected chi connectivity index (χ4v) is 7.11. The molecule has 32 heavy (non-hydrogen) atoms. The molecule has 2 aromatic carbocycles. The van der Waals surface area contributed by atoms with E-state index in [1.807, 2.05) is 23.6 Å². The van der Waals surface area contributed by atoms with Crippen LogP contribution in [0.15, 0.2) is 66.2 Å². The van der Waals surface area contributed by atoms with Gasteiger partial charge in [0.1, 0.15) is 0 Å². The van der Waals surface area contributed by atoms with Crippen LogP contribution < -0.4 is 9.80 Å². The minimum Gasteiger partial charge on any atom is -0.339 e. The van der Waals surface area contributed by atoms with Crippen LogP contribution in [0.4, 0.5) is 11.4 Å². The summed E-state index contributed by atoms with van der Waals surface area (Å²) in [5, 5.41) is 8.98. The molecule has 2 aliphatic rings. The molecule has 2 heterocycles. The minimum atomic E-state index is -4.30. The summed E-state index contributed by atoms with van der Waals surface area (Å²) >= 11 is 2.66. The van der Waals surface area contributed by atoms with Crippen molar-refractivity contribution >= 4 is 55.1 Å². The number of fused-ring (bicyclic) bond motifs is 2. The number of anilines is 2. The van der Waals surface area contributed by atoms with Crippen molar-refractivity contribution in [3.05, 3.63) is 36.4 Å². The van der Waals surface area contributed by atoms with E-state index in [0.29, 0.717) is 22.9 Å². The highest BCUT2D eigenvalue weighted by Crippen LogP contribution is 2.47. The van der Waals surface area contributed by atoms with Gasteiger partial charge in [0.15, 0.2) is 11.0 Å². The van der Waals surface area contributed by atoms with Gasteiger partial charge in [-0.05, 0) is 50.2 Å². The first kappa shape index (κ1) is 23.3. The Bertz CT molecular complexity index is 1200. The van der Waals surface area contributed by atoms with E-state index < -0.39 is 31.2 Å². The summed E-state index contributed by atoms with van der Waals surface area (Å²) in [6.07, 6.45) is 0. The lowest BCUT2D eigenvalue weighted by atomic mass is 10.3. The summed E-state index contributed by atoms with van der Waals surface area (Å²) < 4.78 is 64.5. The van der Waals surface area contributed by atoms with Crippen molar-refractivity contribution in [2.24, 2.45) is 10.2 Å². The fourth-order valence-electron chi connectivity index (χ4n) is 3.50. The Balaban J connectivity index is 1.58.